The molecule has 10 heteroatoms. The summed E-state index contributed by atoms with van der Waals surface area (Å²) < 4.78 is 37.0. The zero-order valence-corrected chi connectivity index (χ0v) is 11.4. The van der Waals surface area contributed by atoms with Gasteiger partial charge < -0.3 is 21.1 Å². The van der Waals surface area contributed by atoms with Gasteiger partial charge in [-0.2, -0.15) is 13.2 Å². The van der Waals surface area contributed by atoms with Gasteiger partial charge in [0.15, 0.2) is 0 Å². The summed E-state index contributed by atoms with van der Waals surface area (Å²) in [5, 5.41) is 10.8. The molecule has 3 amide bonds. The molecule has 0 aromatic rings. The van der Waals surface area contributed by atoms with Crippen LogP contribution < -0.4 is 11.1 Å². The molecule has 122 valence electrons. The Labute approximate surface area is 119 Å². The SMILES string of the molecule is CCCN(CC(F)(F)F)C(=O)NC(CCC(N)=O)C(=O)O. The number of halogens is 3. The Hall–Kier alpha value is -2.00. The van der Waals surface area contributed by atoms with Crippen LogP contribution in [0.5, 0.6) is 0 Å². The van der Waals surface area contributed by atoms with Crippen molar-refractivity contribution in [2.24, 2.45) is 5.73 Å². The summed E-state index contributed by atoms with van der Waals surface area (Å²) in [6, 6.07) is -2.62. The van der Waals surface area contributed by atoms with Crippen molar-refractivity contribution >= 4 is 17.9 Å². The van der Waals surface area contributed by atoms with Gasteiger partial charge in [-0.15, -0.1) is 0 Å². The highest BCUT2D eigenvalue weighted by Crippen LogP contribution is 2.17. The number of urea groups is 1. The van der Waals surface area contributed by atoms with Crippen LogP contribution in [-0.2, 0) is 9.59 Å². The highest BCUT2D eigenvalue weighted by Gasteiger charge is 2.33. The minimum Gasteiger partial charge on any atom is -0.480 e. The number of rotatable bonds is 8. The topological polar surface area (TPSA) is 113 Å². The summed E-state index contributed by atoms with van der Waals surface area (Å²) in [6.07, 6.45) is -4.90. The highest BCUT2D eigenvalue weighted by molar-refractivity contribution is 5.83. The Morgan fingerprint density at radius 2 is 1.90 bits per heavy atom. The van der Waals surface area contributed by atoms with Crippen LogP contribution >= 0.6 is 0 Å². The number of alkyl halides is 3. The fourth-order valence-corrected chi connectivity index (χ4v) is 1.52. The van der Waals surface area contributed by atoms with Crippen molar-refractivity contribution in [1.82, 2.24) is 10.2 Å². The van der Waals surface area contributed by atoms with E-state index < -0.39 is 36.7 Å². The summed E-state index contributed by atoms with van der Waals surface area (Å²) in [5.74, 6) is -2.22. The molecule has 0 heterocycles. The van der Waals surface area contributed by atoms with Crippen molar-refractivity contribution < 1.29 is 32.7 Å². The summed E-state index contributed by atoms with van der Waals surface area (Å²) in [5.41, 5.74) is 4.86. The normalized spacial score (nSPS) is 12.6. The lowest BCUT2D eigenvalue weighted by Crippen LogP contribution is -2.50. The van der Waals surface area contributed by atoms with Gasteiger partial charge in [-0.1, -0.05) is 6.92 Å². The van der Waals surface area contributed by atoms with Crippen molar-refractivity contribution in [1.29, 1.82) is 0 Å². The smallest absolute Gasteiger partial charge is 0.406 e. The number of nitrogens with one attached hydrogen (secondary N) is 1. The van der Waals surface area contributed by atoms with Crippen molar-refractivity contribution in [2.45, 2.75) is 38.4 Å². The zero-order valence-electron chi connectivity index (χ0n) is 11.4. The van der Waals surface area contributed by atoms with E-state index in [4.69, 9.17) is 10.8 Å². The molecule has 0 aliphatic carbocycles. The van der Waals surface area contributed by atoms with Gasteiger partial charge in [-0.05, 0) is 12.8 Å². The van der Waals surface area contributed by atoms with E-state index in [2.05, 4.69) is 0 Å². The number of nitrogens with zero attached hydrogens (tertiary/aromatic N) is 1. The van der Waals surface area contributed by atoms with Crippen molar-refractivity contribution in [2.75, 3.05) is 13.1 Å². The summed E-state index contributed by atoms with van der Waals surface area (Å²) in [7, 11) is 0. The van der Waals surface area contributed by atoms with Gasteiger partial charge in [-0.3, -0.25) is 4.79 Å². The molecule has 1 atom stereocenters. The molecule has 0 aliphatic rings. The number of amides is 3. The third-order valence-electron chi connectivity index (χ3n) is 2.43. The molecular weight excluding hydrogens is 295 g/mol. The molecule has 0 spiro atoms. The molecule has 4 N–H and O–H groups in total. The van der Waals surface area contributed by atoms with Gasteiger partial charge in [-0.25, -0.2) is 9.59 Å². The zero-order chi connectivity index (χ0) is 16.6. The lowest BCUT2D eigenvalue weighted by atomic mass is 10.1. The number of primary amides is 1. The van der Waals surface area contributed by atoms with Gasteiger partial charge in [0, 0.05) is 13.0 Å². The lowest BCUT2D eigenvalue weighted by molar-refractivity contribution is -0.141. The summed E-state index contributed by atoms with van der Waals surface area (Å²) in [6.45, 7) is -0.0687. The first kappa shape index (κ1) is 19.0. The second kappa shape index (κ2) is 8.32. The molecule has 0 rings (SSSR count). The van der Waals surface area contributed by atoms with Gasteiger partial charge in [0.05, 0.1) is 0 Å². The van der Waals surface area contributed by atoms with Gasteiger partial charge >= 0.3 is 18.2 Å². The predicted molar refractivity (Wildman–Crippen MR) is 66.3 cm³/mol. The number of carbonyl (C=O) groups is 3. The number of hydrogen-bond acceptors (Lipinski definition) is 3. The third kappa shape index (κ3) is 8.71. The number of carbonyl (C=O) groups excluding carboxylic acids is 2. The van der Waals surface area contributed by atoms with Crippen LogP contribution in [0.4, 0.5) is 18.0 Å². The number of aliphatic carboxylic acids is 1. The van der Waals surface area contributed by atoms with Crippen molar-refractivity contribution in [3.63, 3.8) is 0 Å². The van der Waals surface area contributed by atoms with E-state index in [9.17, 15) is 27.6 Å². The van der Waals surface area contributed by atoms with Crippen LogP contribution in [-0.4, -0.2) is 53.2 Å². The fraction of sp³-hybridized carbons (Fsp3) is 0.727. The molecular formula is C11H18F3N3O4. The average molecular weight is 313 g/mol. The van der Waals surface area contributed by atoms with Crippen LogP contribution in [0, 0.1) is 0 Å². The van der Waals surface area contributed by atoms with E-state index in [-0.39, 0.29) is 25.8 Å². The van der Waals surface area contributed by atoms with Gasteiger partial charge in [0.2, 0.25) is 5.91 Å². The van der Waals surface area contributed by atoms with E-state index in [0.717, 1.165) is 0 Å². The Morgan fingerprint density at radius 3 is 2.29 bits per heavy atom. The lowest BCUT2D eigenvalue weighted by Gasteiger charge is -2.25. The Balaban J connectivity index is 4.74. The molecule has 1 unspecified atom stereocenters. The molecule has 0 saturated heterocycles. The van der Waals surface area contributed by atoms with Crippen molar-refractivity contribution in [3.8, 4) is 0 Å². The Kier molecular flexibility index (Phi) is 7.53. The van der Waals surface area contributed by atoms with Gasteiger partial charge in [0.1, 0.15) is 12.6 Å². The molecule has 0 fully saturated rings. The molecule has 7 nitrogen and oxygen atoms in total. The monoisotopic (exact) mass is 313 g/mol. The number of carboxylic acids is 1. The highest BCUT2D eigenvalue weighted by atomic mass is 19.4. The molecule has 0 aliphatic heterocycles. The van der Waals surface area contributed by atoms with Crippen molar-refractivity contribution in [3.05, 3.63) is 0 Å². The second-order valence-electron chi connectivity index (χ2n) is 4.38. The minimum absolute atomic E-state index is 0.173. The second-order valence-corrected chi connectivity index (χ2v) is 4.38. The van der Waals surface area contributed by atoms with E-state index in [1.54, 1.807) is 6.92 Å². The van der Waals surface area contributed by atoms with Gasteiger partial charge in [0.25, 0.3) is 0 Å². The average Bonchev–Trinajstić information content (AvgIpc) is 2.31. The molecule has 0 aromatic carbocycles. The van der Waals surface area contributed by atoms with Crippen LogP contribution in [0.3, 0.4) is 0 Å². The molecule has 0 saturated carbocycles. The third-order valence-corrected chi connectivity index (χ3v) is 2.43. The van der Waals surface area contributed by atoms with Crippen LogP contribution in [0.15, 0.2) is 0 Å². The van der Waals surface area contributed by atoms with E-state index >= 15 is 0 Å². The number of nitrogens with two attached hydrogens (primary N) is 1. The first-order valence-electron chi connectivity index (χ1n) is 6.20. The number of carboxylic acid groups (broad SMARTS) is 1. The Bertz CT molecular complexity index is 387. The van der Waals surface area contributed by atoms with Crippen LogP contribution in [0.1, 0.15) is 26.2 Å². The molecule has 0 radical (unpaired) electrons. The maximum absolute atomic E-state index is 12.3. The maximum Gasteiger partial charge on any atom is 0.406 e. The fourth-order valence-electron chi connectivity index (χ4n) is 1.52. The predicted octanol–water partition coefficient (Wildman–Crippen LogP) is 0.689. The largest absolute Gasteiger partial charge is 0.480 e. The maximum atomic E-state index is 12.3. The van der Waals surface area contributed by atoms with Crippen LogP contribution in [0.25, 0.3) is 0 Å². The Morgan fingerprint density at radius 1 is 1.33 bits per heavy atom. The first-order valence-corrected chi connectivity index (χ1v) is 6.20. The van der Waals surface area contributed by atoms with E-state index in [0.29, 0.717) is 4.90 Å². The molecule has 21 heavy (non-hydrogen) atoms. The summed E-state index contributed by atoms with van der Waals surface area (Å²) >= 11 is 0. The standard InChI is InChI=1S/C11H18F3N3O4/c1-2-5-17(6-11(12,13)14)10(21)16-7(9(19)20)3-4-8(15)18/h7H,2-6H2,1H3,(H2,15,18)(H,16,21)(H,19,20). The van der Waals surface area contributed by atoms with E-state index in [1.165, 1.54) is 0 Å². The van der Waals surface area contributed by atoms with Crippen LogP contribution in [0.2, 0.25) is 0 Å². The molecule has 0 aromatic heterocycles. The number of hydrogen-bond donors (Lipinski definition) is 3. The first-order chi connectivity index (χ1) is 9.56. The summed E-state index contributed by atoms with van der Waals surface area (Å²) in [4.78, 5) is 33.7. The quantitative estimate of drug-likeness (QED) is 0.612. The molecule has 0 bridgehead atoms. The van der Waals surface area contributed by atoms with E-state index in [1.807, 2.05) is 5.32 Å². The minimum atomic E-state index is -4.58.